The highest BCUT2D eigenvalue weighted by Crippen LogP contribution is 2.37. The third-order valence-electron chi connectivity index (χ3n) is 2.15. The molecule has 1 N–H and O–H groups in total. The zero-order chi connectivity index (χ0) is 13.7. The van der Waals surface area contributed by atoms with Crippen molar-refractivity contribution in [2.75, 3.05) is 0 Å². The highest BCUT2D eigenvalue weighted by atomic mass is 35.7. The van der Waals surface area contributed by atoms with E-state index >= 15 is 0 Å². The molecule has 1 aromatic heterocycles. The molecule has 0 radical (unpaired) electrons. The Morgan fingerprint density at radius 2 is 1.89 bits per heavy atom. The second-order valence-corrected chi connectivity index (χ2v) is 6.19. The van der Waals surface area contributed by atoms with Gasteiger partial charge in [-0.15, -0.1) is 0 Å². The van der Waals surface area contributed by atoms with Crippen LogP contribution < -0.4 is 0 Å². The van der Waals surface area contributed by atoms with E-state index in [1.165, 1.54) is 0 Å². The van der Waals surface area contributed by atoms with Crippen LogP contribution in [0.3, 0.4) is 0 Å². The molecule has 0 saturated heterocycles. The molecule has 0 atom stereocenters. The van der Waals surface area contributed by atoms with Gasteiger partial charge in [-0.25, -0.2) is 13.4 Å². The number of H-pyrrole nitrogens is 1. The molecular weight excluding hydrogens is 316 g/mol. The van der Waals surface area contributed by atoms with Crippen molar-refractivity contribution in [3.63, 3.8) is 0 Å². The fraction of sp³-hybridized carbons (Fsp3) is 0.125. The lowest BCUT2D eigenvalue weighted by molar-refractivity contribution is -0.136. The zero-order valence-corrected chi connectivity index (χ0v) is 10.5. The maximum absolute atomic E-state index is 12.7. The van der Waals surface area contributed by atoms with E-state index in [0.717, 1.165) is 6.07 Å². The summed E-state index contributed by atoms with van der Waals surface area (Å²) in [6, 6.07) is 1.34. The van der Waals surface area contributed by atoms with Crippen molar-refractivity contribution in [2.45, 2.75) is 11.1 Å². The maximum Gasteiger partial charge on any atom is 0.418 e. The van der Waals surface area contributed by atoms with Gasteiger partial charge < -0.3 is 4.98 Å². The van der Waals surface area contributed by atoms with E-state index in [2.05, 4.69) is 9.97 Å². The van der Waals surface area contributed by atoms with Crippen LogP contribution in [0.1, 0.15) is 5.56 Å². The van der Waals surface area contributed by atoms with Gasteiger partial charge in [-0.1, -0.05) is 0 Å². The summed E-state index contributed by atoms with van der Waals surface area (Å²) >= 11 is 5.46. The first-order valence-corrected chi connectivity index (χ1v) is 6.99. The number of hydrogen-bond acceptors (Lipinski definition) is 3. The summed E-state index contributed by atoms with van der Waals surface area (Å²) in [5.74, 6) is 0. The molecule has 2 rings (SSSR count). The van der Waals surface area contributed by atoms with E-state index < -0.39 is 31.2 Å². The van der Waals surface area contributed by atoms with Crippen LogP contribution in [0.25, 0.3) is 11.0 Å². The van der Waals surface area contributed by atoms with E-state index in [4.69, 9.17) is 22.3 Å². The van der Waals surface area contributed by atoms with E-state index in [1.807, 2.05) is 0 Å². The Balaban J connectivity index is 2.91. The lowest BCUT2D eigenvalue weighted by Gasteiger charge is -2.08. The highest BCUT2D eigenvalue weighted by Gasteiger charge is 2.35. The van der Waals surface area contributed by atoms with E-state index in [0.29, 0.717) is 6.07 Å². The molecule has 0 aliphatic heterocycles. The van der Waals surface area contributed by atoms with Gasteiger partial charge >= 0.3 is 6.18 Å². The smallest absolute Gasteiger partial charge is 0.327 e. The predicted molar refractivity (Wildman–Crippen MR) is 59.1 cm³/mol. The first-order valence-electron chi connectivity index (χ1n) is 4.31. The summed E-state index contributed by atoms with van der Waals surface area (Å²) in [5.41, 5.74) is -2.05. The second kappa shape index (κ2) is 4.01. The third-order valence-corrected chi connectivity index (χ3v) is 3.69. The summed E-state index contributed by atoms with van der Waals surface area (Å²) in [4.78, 5) is 5.15. The van der Waals surface area contributed by atoms with Gasteiger partial charge in [0.05, 0.1) is 11.1 Å². The number of nitrogens with zero attached hydrogens (tertiary/aromatic N) is 1. The summed E-state index contributed by atoms with van der Waals surface area (Å²) in [7, 11) is 0.910. The van der Waals surface area contributed by atoms with Crippen LogP contribution in [0.5, 0.6) is 0 Å². The number of nitrogens with one attached hydrogen (secondary N) is 1. The van der Waals surface area contributed by atoms with E-state index in [1.54, 1.807) is 0 Å². The van der Waals surface area contributed by atoms with Crippen LogP contribution in [0.2, 0.25) is 5.28 Å². The first-order chi connectivity index (χ1) is 8.10. The summed E-state index contributed by atoms with van der Waals surface area (Å²) < 4.78 is 60.4. The quantitative estimate of drug-likeness (QED) is 0.821. The van der Waals surface area contributed by atoms with Crippen LogP contribution in [-0.2, 0) is 15.2 Å². The average Bonchev–Trinajstić information content (AvgIpc) is 2.53. The number of benzene rings is 1. The normalized spacial score (nSPS) is 13.2. The number of aromatic amines is 1. The number of hydrogen-bond donors (Lipinski definition) is 1. The molecule has 10 heteroatoms. The van der Waals surface area contributed by atoms with Crippen LogP contribution in [-0.4, -0.2) is 18.4 Å². The maximum atomic E-state index is 12.7. The van der Waals surface area contributed by atoms with Gasteiger partial charge in [-0.2, -0.15) is 13.2 Å². The molecule has 0 unspecified atom stereocenters. The van der Waals surface area contributed by atoms with Crippen LogP contribution in [0.15, 0.2) is 17.0 Å². The average molecular weight is 319 g/mol. The van der Waals surface area contributed by atoms with Crippen LogP contribution >= 0.6 is 22.3 Å². The van der Waals surface area contributed by atoms with Crippen molar-refractivity contribution in [3.05, 3.63) is 23.0 Å². The van der Waals surface area contributed by atoms with Gasteiger partial charge in [0.15, 0.2) is 0 Å². The molecule has 4 nitrogen and oxygen atoms in total. The molecule has 0 aliphatic rings. The highest BCUT2D eigenvalue weighted by molar-refractivity contribution is 8.14. The standard InChI is InChI=1S/C8H3Cl2F3N2O2S/c9-7-14-5-3(8(11,12)13)1-2-4(6(5)15-7)18(10,16)17/h1-2H,(H,14,15). The minimum absolute atomic E-state index is 0.358. The van der Waals surface area contributed by atoms with Crippen LogP contribution in [0, 0.1) is 0 Å². The van der Waals surface area contributed by atoms with E-state index in [-0.39, 0.29) is 10.8 Å². The molecule has 2 aromatic rings. The van der Waals surface area contributed by atoms with Crippen molar-refractivity contribution in [3.8, 4) is 0 Å². The molecule has 0 fully saturated rings. The van der Waals surface area contributed by atoms with Crippen molar-refractivity contribution >= 4 is 42.4 Å². The van der Waals surface area contributed by atoms with E-state index in [9.17, 15) is 21.6 Å². The minimum atomic E-state index is -4.68. The van der Waals surface area contributed by atoms with Crippen LogP contribution in [0.4, 0.5) is 13.2 Å². The molecule has 0 spiro atoms. The van der Waals surface area contributed by atoms with Gasteiger partial charge in [-0.05, 0) is 23.7 Å². The minimum Gasteiger partial charge on any atom is -0.327 e. The Hall–Kier alpha value is -0.990. The van der Waals surface area contributed by atoms with Crippen molar-refractivity contribution in [2.24, 2.45) is 0 Å². The first kappa shape index (κ1) is 13.4. The number of fused-ring (bicyclic) bond motifs is 1. The van der Waals surface area contributed by atoms with Gasteiger partial charge in [-0.3, -0.25) is 0 Å². The SMILES string of the molecule is O=S(=O)(Cl)c1ccc(C(F)(F)F)c2nc(Cl)[nH]c12. The number of rotatable bonds is 1. The van der Waals surface area contributed by atoms with Crippen molar-refractivity contribution in [1.82, 2.24) is 9.97 Å². The van der Waals surface area contributed by atoms with Gasteiger partial charge in [0.25, 0.3) is 9.05 Å². The second-order valence-electron chi connectivity index (χ2n) is 3.30. The topological polar surface area (TPSA) is 62.8 Å². The molecule has 1 aromatic carbocycles. The fourth-order valence-corrected chi connectivity index (χ4v) is 2.66. The fourth-order valence-electron chi connectivity index (χ4n) is 1.47. The Morgan fingerprint density at radius 3 is 2.39 bits per heavy atom. The number of aromatic nitrogens is 2. The number of imidazole rings is 1. The molecule has 1 heterocycles. The van der Waals surface area contributed by atoms with Crippen molar-refractivity contribution in [1.29, 1.82) is 0 Å². The Bertz CT molecular complexity index is 724. The lowest BCUT2D eigenvalue weighted by Crippen LogP contribution is -2.07. The molecule has 0 saturated carbocycles. The molecule has 0 amide bonds. The molecule has 98 valence electrons. The summed E-state index contributed by atoms with van der Waals surface area (Å²) in [6.07, 6.45) is -4.68. The molecule has 18 heavy (non-hydrogen) atoms. The summed E-state index contributed by atoms with van der Waals surface area (Å²) in [5, 5.41) is -0.358. The summed E-state index contributed by atoms with van der Waals surface area (Å²) in [6.45, 7) is 0. The van der Waals surface area contributed by atoms with Gasteiger partial charge in [0.1, 0.15) is 10.4 Å². The predicted octanol–water partition coefficient (Wildman–Crippen LogP) is 3.16. The molecule has 0 aliphatic carbocycles. The zero-order valence-electron chi connectivity index (χ0n) is 8.22. The lowest BCUT2D eigenvalue weighted by atomic mass is 10.2. The Morgan fingerprint density at radius 1 is 1.28 bits per heavy atom. The molecular formula is C8H3Cl2F3N2O2S. The van der Waals surface area contributed by atoms with Gasteiger partial charge in [0, 0.05) is 10.7 Å². The third kappa shape index (κ3) is 2.27. The van der Waals surface area contributed by atoms with Gasteiger partial charge in [0.2, 0.25) is 5.28 Å². The Kier molecular flexibility index (Phi) is 2.99. The van der Waals surface area contributed by atoms with Crippen molar-refractivity contribution < 1.29 is 21.6 Å². The monoisotopic (exact) mass is 318 g/mol. The molecule has 0 bridgehead atoms. The largest absolute Gasteiger partial charge is 0.418 e. The number of alkyl halides is 3. The number of halogens is 5. The Labute approximate surface area is 108 Å².